The van der Waals surface area contributed by atoms with Crippen LogP contribution < -0.4 is 10.1 Å². The van der Waals surface area contributed by atoms with Crippen molar-refractivity contribution in [3.8, 4) is 5.75 Å². The molecule has 1 saturated heterocycles. The van der Waals surface area contributed by atoms with Crippen LogP contribution in [0.5, 0.6) is 5.75 Å². The van der Waals surface area contributed by atoms with Crippen molar-refractivity contribution in [2.75, 3.05) is 13.7 Å². The predicted molar refractivity (Wildman–Crippen MR) is 84.7 cm³/mol. The Balaban J connectivity index is 1.97. The fraction of sp³-hybridized carbons (Fsp3) is 0.667. The number of benzene rings is 1. The van der Waals surface area contributed by atoms with Crippen LogP contribution in [0.2, 0.25) is 0 Å². The summed E-state index contributed by atoms with van der Waals surface area (Å²) in [4.78, 5) is 0. The Morgan fingerprint density at radius 2 is 2.00 bits per heavy atom. The smallest absolute Gasteiger partial charge is 0.122 e. The first-order valence-corrected chi connectivity index (χ1v) is 8.16. The molecule has 1 aromatic carbocycles. The third kappa shape index (κ3) is 2.47. The molecular weight excluding hydrogens is 262 g/mol. The molecule has 1 saturated carbocycles. The van der Waals surface area contributed by atoms with Gasteiger partial charge in [-0.1, -0.05) is 18.9 Å². The zero-order valence-corrected chi connectivity index (χ0v) is 13.4. The van der Waals surface area contributed by atoms with E-state index >= 15 is 0 Å². The van der Waals surface area contributed by atoms with Crippen LogP contribution in [0.15, 0.2) is 12.1 Å². The minimum Gasteiger partial charge on any atom is -0.496 e. The normalized spacial score (nSPS) is 32.6. The number of methoxy groups -OCH3 is 1. The summed E-state index contributed by atoms with van der Waals surface area (Å²) in [6, 6.07) is 4.52. The number of aliphatic hydroxyl groups is 1. The monoisotopic (exact) mass is 289 g/mol. The first-order chi connectivity index (χ1) is 10.1. The minimum absolute atomic E-state index is 0.272. The van der Waals surface area contributed by atoms with Gasteiger partial charge in [0.2, 0.25) is 0 Å². The first kappa shape index (κ1) is 14.9. The van der Waals surface area contributed by atoms with Crippen molar-refractivity contribution in [1.82, 2.24) is 5.32 Å². The van der Waals surface area contributed by atoms with E-state index in [1.54, 1.807) is 7.11 Å². The molecule has 3 nitrogen and oxygen atoms in total. The quantitative estimate of drug-likeness (QED) is 0.878. The highest BCUT2D eigenvalue weighted by Gasteiger charge is 2.46. The van der Waals surface area contributed by atoms with Crippen LogP contribution in [0.25, 0.3) is 0 Å². The molecule has 2 N–H and O–H groups in total. The van der Waals surface area contributed by atoms with E-state index in [0.29, 0.717) is 5.92 Å². The zero-order chi connectivity index (χ0) is 15.0. The second-order valence-electron chi connectivity index (χ2n) is 6.74. The van der Waals surface area contributed by atoms with Crippen LogP contribution in [0.3, 0.4) is 0 Å². The van der Waals surface area contributed by atoms with E-state index in [2.05, 4.69) is 31.3 Å². The van der Waals surface area contributed by atoms with Gasteiger partial charge < -0.3 is 15.2 Å². The van der Waals surface area contributed by atoms with Crippen LogP contribution in [0, 0.1) is 19.8 Å². The van der Waals surface area contributed by atoms with Crippen molar-refractivity contribution in [2.24, 2.45) is 5.92 Å². The highest BCUT2D eigenvalue weighted by molar-refractivity contribution is 5.45. The first-order valence-electron chi connectivity index (χ1n) is 8.16. The molecule has 0 aromatic heterocycles. The van der Waals surface area contributed by atoms with Crippen molar-refractivity contribution in [2.45, 2.75) is 57.6 Å². The molecule has 1 aliphatic heterocycles. The summed E-state index contributed by atoms with van der Waals surface area (Å²) < 4.78 is 5.42. The molecule has 1 aliphatic carbocycles. The summed E-state index contributed by atoms with van der Waals surface area (Å²) in [5.41, 5.74) is 3.37. The lowest BCUT2D eigenvalue weighted by Gasteiger charge is -2.48. The Bertz CT molecular complexity index is 524. The Kier molecular flexibility index (Phi) is 3.98. The van der Waals surface area contributed by atoms with Gasteiger partial charge in [-0.3, -0.25) is 0 Å². The Labute approximate surface area is 127 Å². The van der Waals surface area contributed by atoms with Gasteiger partial charge in [0.05, 0.1) is 12.7 Å². The van der Waals surface area contributed by atoms with Crippen molar-refractivity contribution < 1.29 is 9.84 Å². The fourth-order valence-corrected chi connectivity index (χ4v) is 4.32. The third-order valence-corrected chi connectivity index (χ3v) is 5.72. The van der Waals surface area contributed by atoms with Gasteiger partial charge in [-0.2, -0.15) is 0 Å². The molecular formula is C18H27NO2. The number of fused-ring (bicyclic) bond motifs is 1. The zero-order valence-electron chi connectivity index (χ0n) is 13.4. The maximum absolute atomic E-state index is 11.0. The average Bonchev–Trinajstić information content (AvgIpc) is 2.49. The van der Waals surface area contributed by atoms with Gasteiger partial charge in [0.1, 0.15) is 5.75 Å². The molecule has 0 bridgehead atoms. The highest BCUT2D eigenvalue weighted by Crippen LogP contribution is 2.46. The van der Waals surface area contributed by atoms with Gasteiger partial charge in [-0.15, -0.1) is 0 Å². The fourth-order valence-electron chi connectivity index (χ4n) is 4.32. The van der Waals surface area contributed by atoms with E-state index in [1.807, 2.05) is 0 Å². The lowest BCUT2D eigenvalue weighted by molar-refractivity contribution is -0.0862. The molecule has 1 aromatic rings. The van der Waals surface area contributed by atoms with E-state index in [-0.39, 0.29) is 6.04 Å². The van der Waals surface area contributed by atoms with Crippen molar-refractivity contribution >= 4 is 0 Å². The minimum atomic E-state index is -0.464. The van der Waals surface area contributed by atoms with E-state index in [4.69, 9.17) is 4.74 Å². The molecule has 3 unspecified atom stereocenters. The average molecular weight is 289 g/mol. The summed E-state index contributed by atoms with van der Waals surface area (Å²) in [6.07, 6.45) is 5.38. The Morgan fingerprint density at radius 3 is 2.76 bits per heavy atom. The van der Waals surface area contributed by atoms with Crippen molar-refractivity contribution in [3.05, 3.63) is 28.8 Å². The summed E-state index contributed by atoms with van der Waals surface area (Å²) in [7, 11) is 1.72. The van der Waals surface area contributed by atoms with E-state index < -0.39 is 5.60 Å². The van der Waals surface area contributed by atoms with E-state index in [0.717, 1.165) is 31.6 Å². The number of hydrogen-bond donors (Lipinski definition) is 2. The molecule has 1 heterocycles. The summed E-state index contributed by atoms with van der Waals surface area (Å²) >= 11 is 0. The number of piperidine rings is 1. The molecule has 2 fully saturated rings. The molecule has 3 rings (SSSR count). The van der Waals surface area contributed by atoms with Crippen LogP contribution in [-0.2, 0) is 0 Å². The summed E-state index contributed by atoms with van der Waals surface area (Å²) in [6.45, 7) is 5.20. The van der Waals surface area contributed by atoms with Gasteiger partial charge in [0, 0.05) is 12.0 Å². The molecule has 0 radical (unpaired) electrons. The maximum Gasteiger partial charge on any atom is 0.122 e. The van der Waals surface area contributed by atoms with E-state index in [9.17, 15) is 5.11 Å². The molecule has 2 aliphatic rings. The second-order valence-corrected chi connectivity index (χ2v) is 6.74. The molecule has 3 atom stereocenters. The number of nitrogens with one attached hydrogen (secondary N) is 1. The molecule has 116 valence electrons. The molecule has 0 spiro atoms. The van der Waals surface area contributed by atoms with Gasteiger partial charge in [0.25, 0.3) is 0 Å². The maximum atomic E-state index is 11.0. The lowest BCUT2D eigenvalue weighted by atomic mass is 9.66. The summed E-state index contributed by atoms with van der Waals surface area (Å²) in [5.74, 6) is 1.29. The second kappa shape index (κ2) is 5.62. The van der Waals surface area contributed by atoms with Crippen LogP contribution in [0.1, 0.15) is 54.8 Å². The largest absolute Gasteiger partial charge is 0.496 e. The third-order valence-electron chi connectivity index (χ3n) is 5.72. The molecule has 21 heavy (non-hydrogen) atoms. The van der Waals surface area contributed by atoms with Crippen LogP contribution >= 0.6 is 0 Å². The summed E-state index contributed by atoms with van der Waals surface area (Å²) in [5, 5.41) is 14.7. The Hall–Kier alpha value is -1.06. The van der Waals surface area contributed by atoms with Crippen molar-refractivity contribution in [1.29, 1.82) is 0 Å². The molecule has 0 amide bonds. The predicted octanol–water partition coefficient (Wildman–Crippen LogP) is 3.27. The lowest BCUT2D eigenvalue weighted by Crippen LogP contribution is -2.53. The van der Waals surface area contributed by atoms with Crippen LogP contribution in [-0.4, -0.2) is 24.4 Å². The van der Waals surface area contributed by atoms with Crippen LogP contribution in [0.4, 0.5) is 0 Å². The van der Waals surface area contributed by atoms with Gasteiger partial charge in [0.15, 0.2) is 0 Å². The number of ether oxygens (including phenoxy) is 1. The molecule has 3 heteroatoms. The highest BCUT2D eigenvalue weighted by atomic mass is 16.5. The van der Waals surface area contributed by atoms with Crippen molar-refractivity contribution in [3.63, 3.8) is 0 Å². The van der Waals surface area contributed by atoms with Gasteiger partial charge >= 0.3 is 0 Å². The topological polar surface area (TPSA) is 41.5 Å². The Morgan fingerprint density at radius 1 is 1.19 bits per heavy atom. The van der Waals surface area contributed by atoms with Gasteiger partial charge in [-0.05, 0) is 62.4 Å². The van der Waals surface area contributed by atoms with Gasteiger partial charge in [-0.25, -0.2) is 0 Å². The van der Waals surface area contributed by atoms with E-state index in [1.165, 1.54) is 29.5 Å². The number of rotatable bonds is 2. The number of hydrogen-bond acceptors (Lipinski definition) is 3. The SMILES string of the molecule is COc1ccc(C2NCCC3(O)CCCCC23)c(C)c1C. The standard InChI is InChI=1S/C18H27NO2/c1-12-13(2)16(21-3)8-7-14(12)17-15-6-4-5-9-18(15,20)10-11-19-17/h7-8,15,17,19-20H,4-6,9-11H2,1-3H3.